The average molecular weight is 395 g/mol. The largest absolute Gasteiger partial charge is 0.495 e. The molecular weight excluding hydrogens is 373 g/mol. The predicted molar refractivity (Wildman–Crippen MR) is 104 cm³/mol. The number of ether oxygens (including phenoxy) is 1. The molecule has 3 saturated carbocycles. The molecule has 4 heterocycles. The van der Waals surface area contributed by atoms with Crippen LogP contribution in [-0.2, 0) is 5.41 Å². The van der Waals surface area contributed by atoms with Crippen LogP contribution >= 0.6 is 0 Å². The third-order valence-corrected chi connectivity index (χ3v) is 6.60. The molecule has 4 aliphatic rings. The Morgan fingerprint density at radius 1 is 1.28 bits per heavy atom. The van der Waals surface area contributed by atoms with Crippen molar-refractivity contribution in [2.24, 2.45) is 5.92 Å². The van der Waals surface area contributed by atoms with E-state index in [-0.39, 0.29) is 17.2 Å². The summed E-state index contributed by atoms with van der Waals surface area (Å²) in [7, 11) is 1.66. The summed E-state index contributed by atoms with van der Waals surface area (Å²) in [6.07, 6.45) is 7.25. The van der Waals surface area contributed by atoms with Gasteiger partial charge in [-0.15, -0.1) is 0 Å². The second-order valence-electron chi connectivity index (χ2n) is 8.46. The third-order valence-electron chi connectivity index (χ3n) is 6.60. The molecule has 8 nitrogen and oxygen atoms in total. The molecule has 0 radical (unpaired) electrons. The zero-order chi connectivity index (χ0) is 19.6. The summed E-state index contributed by atoms with van der Waals surface area (Å²) in [5, 5.41) is 11.4. The molecule has 0 aromatic carbocycles. The molecule has 3 aliphatic carbocycles. The number of hydrogen-bond acceptors (Lipinski definition) is 7. The van der Waals surface area contributed by atoms with E-state index < -0.39 is 5.82 Å². The molecular formula is C20H22FN7O. The van der Waals surface area contributed by atoms with E-state index in [9.17, 15) is 4.39 Å². The van der Waals surface area contributed by atoms with Gasteiger partial charge in [0.2, 0.25) is 5.95 Å². The lowest BCUT2D eigenvalue weighted by atomic mass is 9.43. The standard InChI is InChI=1S/C20H22FN7O/c1-29-15-4-16-23-10-14(28(16)27-18(15)20-5-11(6-20)7-20)17-13(21)9-24-19(26-17)25-12-2-3-22-8-12/h4,9-12,22H,2-3,5-8H2,1H3,(H,24,25,26). The first-order valence-electron chi connectivity index (χ1n) is 10.1. The van der Waals surface area contributed by atoms with E-state index in [0.717, 1.165) is 56.1 Å². The second kappa shape index (κ2) is 6.09. The minimum atomic E-state index is -0.494. The first-order chi connectivity index (χ1) is 14.1. The quantitative estimate of drug-likeness (QED) is 0.684. The number of rotatable bonds is 5. The van der Waals surface area contributed by atoms with Gasteiger partial charge in [0, 0.05) is 24.1 Å². The summed E-state index contributed by atoms with van der Waals surface area (Å²) in [5.74, 6) is 1.49. The molecule has 0 amide bonds. The van der Waals surface area contributed by atoms with Crippen molar-refractivity contribution >= 4 is 11.6 Å². The summed E-state index contributed by atoms with van der Waals surface area (Å²) in [5.41, 5.74) is 2.38. The zero-order valence-electron chi connectivity index (χ0n) is 16.2. The highest BCUT2D eigenvalue weighted by Gasteiger charge is 2.59. The monoisotopic (exact) mass is 395 g/mol. The van der Waals surface area contributed by atoms with Gasteiger partial charge in [-0.2, -0.15) is 5.10 Å². The minimum Gasteiger partial charge on any atom is -0.495 e. The first-order valence-corrected chi connectivity index (χ1v) is 10.1. The van der Waals surface area contributed by atoms with Gasteiger partial charge < -0.3 is 15.4 Å². The maximum absolute atomic E-state index is 14.7. The second-order valence-corrected chi connectivity index (χ2v) is 8.46. The van der Waals surface area contributed by atoms with E-state index in [2.05, 4.69) is 25.6 Å². The number of hydrogen-bond donors (Lipinski definition) is 2. The summed E-state index contributed by atoms with van der Waals surface area (Å²) in [6, 6.07) is 2.13. The molecule has 9 heteroatoms. The van der Waals surface area contributed by atoms with Crippen LogP contribution in [0.15, 0.2) is 18.5 Å². The van der Waals surface area contributed by atoms with Gasteiger partial charge >= 0.3 is 0 Å². The highest BCUT2D eigenvalue weighted by molar-refractivity contribution is 5.62. The first kappa shape index (κ1) is 17.1. The van der Waals surface area contributed by atoms with Crippen LogP contribution in [-0.4, -0.2) is 50.8 Å². The molecule has 2 bridgehead atoms. The maximum atomic E-state index is 14.7. The van der Waals surface area contributed by atoms with Crippen LogP contribution in [0.25, 0.3) is 17.0 Å². The molecule has 150 valence electrons. The van der Waals surface area contributed by atoms with Crippen molar-refractivity contribution in [3.8, 4) is 17.1 Å². The van der Waals surface area contributed by atoms with Crippen LogP contribution in [0.3, 0.4) is 0 Å². The van der Waals surface area contributed by atoms with Crippen LogP contribution in [0.4, 0.5) is 10.3 Å². The molecule has 1 unspecified atom stereocenters. The molecule has 7 rings (SSSR count). The molecule has 2 N–H and O–H groups in total. The normalized spacial score (nSPS) is 27.5. The Hall–Kier alpha value is -2.81. The number of anilines is 1. The van der Waals surface area contributed by atoms with E-state index in [1.807, 2.05) is 6.07 Å². The highest BCUT2D eigenvalue weighted by Crippen LogP contribution is 2.66. The fourth-order valence-electron chi connectivity index (χ4n) is 4.93. The Kier molecular flexibility index (Phi) is 3.59. The fourth-order valence-corrected chi connectivity index (χ4v) is 4.93. The molecule has 3 aromatic heterocycles. The lowest BCUT2D eigenvalue weighted by Crippen LogP contribution is -2.56. The third kappa shape index (κ3) is 2.53. The van der Waals surface area contributed by atoms with Gasteiger partial charge in [0.1, 0.15) is 22.8 Å². The Morgan fingerprint density at radius 3 is 2.83 bits per heavy atom. The molecule has 1 aliphatic heterocycles. The minimum absolute atomic E-state index is 0.109. The molecule has 0 spiro atoms. The van der Waals surface area contributed by atoms with Crippen molar-refractivity contribution in [3.05, 3.63) is 30.0 Å². The molecule has 1 atom stereocenters. The summed E-state index contributed by atoms with van der Waals surface area (Å²) in [4.78, 5) is 13.0. The Labute approximate surface area is 166 Å². The molecule has 4 fully saturated rings. The topological polar surface area (TPSA) is 89.3 Å². The van der Waals surface area contributed by atoms with Crippen LogP contribution in [0, 0.1) is 11.7 Å². The van der Waals surface area contributed by atoms with Gasteiger partial charge in [0.15, 0.2) is 11.5 Å². The van der Waals surface area contributed by atoms with E-state index in [1.165, 1.54) is 6.20 Å². The number of halogens is 1. The number of imidazole rings is 1. The van der Waals surface area contributed by atoms with E-state index in [1.54, 1.807) is 17.8 Å². The number of nitrogens with one attached hydrogen (secondary N) is 2. The average Bonchev–Trinajstić information content (AvgIpc) is 3.29. The van der Waals surface area contributed by atoms with Crippen molar-refractivity contribution in [1.82, 2.24) is 29.9 Å². The van der Waals surface area contributed by atoms with Gasteiger partial charge in [-0.1, -0.05) is 0 Å². The molecule has 1 saturated heterocycles. The predicted octanol–water partition coefficient (Wildman–Crippen LogP) is 2.16. The van der Waals surface area contributed by atoms with Gasteiger partial charge in [0.05, 0.1) is 19.5 Å². The van der Waals surface area contributed by atoms with Crippen LogP contribution in [0.2, 0.25) is 0 Å². The van der Waals surface area contributed by atoms with E-state index >= 15 is 0 Å². The van der Waals surface area contributed by atoms with Gasteiger partial charge in [-0.3, -0.25) is 0 Å². The van der Waals surface area contributed by atoms with Crippen LogP contribution in [0.1, 0.15) is 31.4 Å². The summed E-state index contributed by atoms with van der Waals surface area (Å²) >= 11 is 0. The molecule has 29 heavy (non-hydrogen) atoms. The van der Waals surface area contributed by atoms with E-state index in [4.69, 9.17) is 9.84 Å². The van der Waals surface area contributed by atoms with Crippen LogP contribution in [0.5, 0.6) is 5.75 Å². The van der Waals surface area contributed by atoms with Gasteiger partial charge in [-0.25, -0.2) is 23.9 Å². The van der Waals surface area contributed by atoms with Gasteiger partial charge in [0.25, 0.3) is 0 Å². The lowest BCUT2D eigenvalue weighted by Gasteiger charge is -2.61. The number of nitrogens with zero attached hydrogens (tertiary/aromatic N) is 5. The number of aromatic nitrogens is 5. The number of methoxy groups -OCH3 is 1. The Balaban J connectivity index is 1.43. The van der Waals surface area contributed by atoms with E-state index in [0.29, 0.717) is 17.3 Å². The fraction of sp³-hybridized carbons (Fsp3) is 0.500. The molecule has 3 aromatic rings. The zero-order valence-corrected chi connectivity index (χ0v) is 16.2. The highest BCUT2D eigenvalue weighted by atomic mass is 19.1. The van der Waals surface area contributed by atoms with Crippen molar-refractivity contribution in [3.63, 3.8) is 0 Å². The van der Waals surface area contributed by atoms with Crippen molar-refractivity contribution in [2.75, 3.05) is 25.5 Å². The number of fused-ring (bicyclic) bond motifs is 1. The lowest BCUT2D eigenvalue weighted by molar-refractivity contribution is -0.0333. The maximum Gasteiger partial charge on any atom is 0.223 e. The van der Waals surface area contributed by atoms with Crippen LogP contribution < -0.4 is 15.4 Å². The Morgan fingerprint density at radius 2 is 2.14 bits per heavy atom. The SMILES string of the molecule is COc1cc2ncc(-c3nc(NC4CCNC4)ncc3F)n2nc1C12CC(C1)C2. The van der Waals surface area contributed by atoms with Crippen molar-refractivity contribution in [1.29, 1.82) is 0 Å². The smallest absolute Gasteiger partial charge is 0.223 e. The van der Waals surface area contributed by atoms with Crippen molar-refractivity contribution in [2.45, 2.75) is 37.1 Å². The summed E-state index contributed by atoms with van der Waals surface area (Å²) in [6.45, 7) is 1.80. The Bertz CT molecular complexity index is 1090. The summed E-state index contributed by atoms with van der Waals surface area (Å²) < 4.78 is 22.0. The van der Waals surface area contributed by atoms with Gasteiger partial charge in [-0.05, 0) is 38.1 Å². The van der Waals surface area contributed by atoms with Crippen molar-refractivity contribution < 1.29 is 9.13 Å².